The normalized spacial score (nSPS) is 13.8. The van der Waals surface area contributed by atoms with Crippen molar-refractivity contribution in [1.29, 1.82) is 0 Å². The summed E-state index contributed by atoms with van der Waals surface area (Å²) in [5.41, 5.74) is 0.940. The van der Waals surface area contributed by atoms with Gasteiger partial charge in [0.1, 0.15) is 6.54 Å². The van der Waals surface area contributed by atoms with E-state index in [2.05, 4.69) is 0 Å². The minimum atomic E-state index is -4.27. The third-order valence-corrected chi connectivity index (χ3v) is 2.67. The summed E-state index contributed by atoms with van der Waals surface area (Å²) in [5.74, 6) is 0. The first-order valence-electron chi connectivity index (χ1n) is 5.82. The Bertz CT molecular complexity index is 388. The molecule has 1 atom stereocenters. The van der Waals surface area contributed by atoms with Crippen LogP contribution in [-0.4, -0.2) is 23.9 Å². The molecule has 0 fully saturated rings. The van der Waals surface area contributed by atoms with Crippen LogP contribution in [-0.2, 0) is 0 Å². The number of halogens is 3. The van der Waals surface area contributed by atoms with Crippen LogP contribution in [0.1, 0.15) is 32.4 Å². The van der Waals surface area contributed by atoms with Crippen molar-refractivity contribution in [2.45, 2.75) is 39.1 Å². The molecule has 0 amide bonds. The minimum Gasteiger partial charge on any atom is -0.389 e. The summed E-state index contributed by atoms with van der Waals surface area (Å²) in [4.78, 5) is 1.25. The van der Waals surface area contributed by atoms with Crippen molar-refractivity contribution in [3.8, 4) is 0 Å². The minimum absolute atomic E-state index is 0.300. The Kier molecular flexibility index (Phi) is 4.62. The van der Waals surface area contributed by atoms with Gasteiger partial charge in [0.25, 0.3) is 0 Å². The Morgan fingerprint density at radius 2 is 1.72 bits per heavy atom. The molecule has 0 aromatic heterocycles. The van der Waals surface area contributed by atoms with E-state index in [4.69, 9.17) is 0 Å². The lowest BCUT2D eigenvalue weighted by Gasteiger charge is -2.32. The molecular weight excluding hydrogens is 243 g/mol. The predicted octanol–water partition coefficient (Wildman–Crippen LogP) is 3.52. The Morgan fingerprint density at radius 3 is 2.17 bits per heavy atom. The van der Waals surface area contributed by atoms with Gasteiger partial charge in [-0.1, -0.05) is 18.2 Å². The molecule has 1 rings (SSSR count). The molecule has 0 spiro atoms. The summed E-state index contributed by atoms with van der Waals surface area (Å²) in [6.45, 7) is 3.93. The molecule has 0 aliphatic carbocycles. The van der Waals surface area contributed by atoms with Crippen LogP contribution in [0, 0.1) is 0 Å². The third-order valence-electron chi connectivity index (χ3n) is 2.67. The first-order valence-corrected chi connectivity index (χ1v) is 5.82. The van der Waals surface area contributed by atoms with Crippen LogP contribution in [0.5, 0.6) is 0 Å². The number of hydrogen-bond donors (Lipinski definition) is 1. The average Bonchev–Trinajstić information content (AvgIpc) is 2.24. The zero-order chi connectivity index (χ0) is 13.9. The molecule has 1 aromatic rings. The molecule has 18 heavy (non-hydrogen) atoms. The standard InChI is InChI=1S/C13H18F3NO/c1-9(2)17(8-13(14,15)16)12-7-5-4-6-11(12)10(3)18/h4-7,9-10,18H,8H2,1-3H3/t10-/m0/s1. The highest BCUT2D eigenvalue weighted by molar-refractivity contribution is 5.55. The van der Waals surface area contributed by atoms with Gasteiger partial charge in [-0.25, -0.2) is 0 Å². The van der Waals surface area contributed by atoms with Crippen molar-refractivity contribution >= 4 is 5.69 Å². The van der Waals surface area contributed by atoms with Crippen molar-refractivity contribution in [2.24, 2.45) is 0 Å². The predicted molar refractivity (Wildman–Crippen MR) is 65.6 cm³/mol. The van der Waals surface area contributed by atoms with Crippen LogP contribution in [0.15, 0.2) is 24.3 Å². The van der Waals surface area contributed by atoms with Crippen molar-refractivity contribution in [2.75, 3.05) is 11.4 Å². The number of aliphatic hydroxyl groups is 1. The first-order chi connectivity index (χ1) is 8.22. The molecule has 0 heterocycles. The van der Waals surface area contributed by atoms with Crippen LogP contribution in [0.25, 0.3) is 0 Å². The molecule has 0 aliphatic heterocycles. The fraction of sp³-hybridized carbons (Fsp3) is 0.538. The van der Waals surface area contributed by atoms with Gasteiger partial charge in [0.15, 0.2) is 0 Å². The molecule has 2 nitrogen and oxygen atoms in total. The summed E-state index contributed by atoms with van der Waals surface area (Å²) in [6.07, 6.45) is -5.06. The second-order valence-corrected chi connectivity index (χ2v) is 4.57. The topological polar surface area (TPSA) is 23.5 Å². The van der Waals surface area contributed by atoms with Crippen molar-refractivity contribution in [1.82, 2.24) is 0 Å². The Hall–Kier alpha value is -1.23. The van der Waals surface area contributed by atoms with Gasteiger partial charge in [-0.2, -0.15) is 13.2 Å². The lowest BCUT2D eigenvalue weighted by atomic mass is 10.1. The van der Waals surface area contributed by atoms with Crippen LogP contribution in [0.4, 0.5) is 18.9 Å². The summed E-state index contributed by atoms with van der Waals surface area (Å²) in [5, 5.41) is 9.63. The molecule has 5 heteroatoms. The van der Waals surface area contributed by atoms with Gasteiger partial charge >= 0.3 is 6.18 Å². The number of anilines is 1. The number of alkyl halides is 3. The highest BCUT2D eigenvalue weighted by atomic mass is 19.4. The van der Waals surface area contributed by atoms with Crippen molar-refractivity contribution < 1.29 is 18.3 Å². The summed E-state index contributed by atoms with van der Waals surface area (Å²) in [6, 6.07) is 6.33. The SMILES string of the molecule is CC(C)N(CC(F)(F)F)c1ccccc1[C@H](C)O. The van der Waals surface area contributed by atoms with Gasteiger partial charge in [-0.3, -0.25) is 0 Å². The molecular formula is C13H18F3NO. The average molecular weight is 261 g/mol. The Labute approximate surface area is 105 Å². The molecule has 0 saturated carbocycles. The lowest BCUT2D eigenvalue weighted by Crippen LogP contribution is -2.39. The number of para-hydroxylation sites is 1. The van der Waals surface area contributed by atoms with Crippen LogP contribution in [0.3, 0.4) is 0 Å². The quantitative estimate of drug-likeness (QED) is 0.896. The van der Waals surface area contributed by atoms with E-state index in [1.807, 2.05) is 0 Å². The fourth-order valence-corrected chi connectivity index (χ4v) is 1.84. The van der Waals surface area contributed by atoms with E-state index >= 15 is 0 Å². The summed E-state index contributed by atoms with van der Waals surface area (Å²) >= 11 is 0. The zero-order valence-electron chi connectivity index (χ0n) is 10.7. The Morgan fingerprint density at radius 1 is 1.17 bits per heavy atom. The van der Waals surface area contributed by atoms with Gasteiger partial charge in [0.2, 0.25) is 0 Å². The zero-order valence-corrected chi connectivity index (χ0v) is 10.7. The molecule has 0 saturated heterocycles. The monoisotopic (exact) mass is 261 g/mol. The molecule has 0 radical (unpaired) electrons. The smallest absolute Gasteiger partial charge is 0.389 e. The fourth-order valence-electron chi connectivity index (χ4n) is 1.84. The van der Waals surface area contributed by atoms with E-state index in [1.165, 1.54) is 4.90 Å². The van der Waals surface area contributed by atoms with E-state index in [0.717, 1.165) is 0 Å². The molecule has 0 unspecified atom stereocenters. The maximum atomic E-state index is 12.6. The molecule has 0 aliphatic rings. The van der Waals surface area contributed by atoms with Crippen LogP contribution in [0.2, 0.25) is 0 Å². The summed E-state index contributed by atoms with van der Waals surface area (Å²) < 4.78 is 37.7. The molecule has 1 N–H and O–H groups in total. The number of benzene rings is 1. The lowest BCUT2D eigenvalue weighted by molar-refractivity contribution is -0.120. The highest BCUT2D eigenvalue weighted by Crippen LogP contribution is 2.30. The number of hydrogen-bond acceptors (Lipinski definition) is 2. The first kappa shape index (κ1) is 14.8. The third kappa shape index (κ3) is 3.91. The largest absolute Gasteiger partial charge is 0.405 e. The van der Waals surface area contributed by atoms with Crippen molar-refractivity contribution in [3.05, 3.63) is 29.8 Å². The maximum Gasteiger partial charge on any atom is 0.405 e. The van der Waals surface area contributed by atoms with Gasteiger partial charge in [-0.15, -0.1) is 0 Å². The second-order valence-electron chi connectivity index (χ2n) is 4.57. The highest BCUT2D eigenvalue weighted by Gasteiger charge is 2.32. The molecule has 1 aromatic carbocycles. The van der Waals surface area contributed by atoms with Crippen LogP contribution < -0.4 is 4.90 Å². The molecule has 0 bridgehead atoms. The number of rotatable bonds is 4. The van der Waals surface area contributed by atoms with Gasteiger partial charge in [0, 0.05) is 17.3 Å². The van der Waals surface area contributed by atoms with Crippen LogP contribution >= 0.6 is 0 Å². The molecule has 102 valence electrons. The number of aliphatic hydroxyl groups excluding tert-OH is 1. The van der Waals surface area contributed by atoms with Gasteiger partial charge in [0.05, 0.1) is 6.10 Å². The van der Waals surface area contributed by atoms with Crippen molar-refractivity contribution in [3.63, 3.8) is 0 Å². The maximum absolute atomic E-state index is 12.6. The van der Waals surface area contributed by atoms with Gasteiger partial charge < -0.3 is 10.0 Å². The summed E-state index contributed by atoms with van der Waals surface area (Å²) in [7, 11) is 0. The van der Waals surface area contributed by atoms with E-state index in [-0.39, 0.29) is 6.04 Å². The Balaban J connectivity index is 3.14. The van der Waals surface area contributed by atoms with Gasteiger partial charge in [-0.05, 0) is 26.8 Å². The van der Waals surface area contributed by atoms with E-state index in [1.54, 1.807) is 45.0 Å². The van der Waals surface area contributed by atoms with E-state index < -0.39 is 18.8 Å². The number of nitrogens with zero attached hydrogens (tertiary/aromatic N) is 1. The van der Waals surface area contributed by atoms with E-state index in [0.29, 0.717) is 11.3 Å². The second kappa shape index (κ2) is 5.61. The van der Waals surface area contributed by atoms with E-state index in [9.17, 15) is 18.3 Å².